The van der Waals surface area contributed by atoms with Crippen LogP contribution in [0.4, 0.5) is 11.5 Å². The maximum atomic E-state index is 13.4. The van der Waals surface area contributed by atoms with Gasteiger partial charge in [-0.2, -0.15) is 0 Å². The Morgan fingerprint density at radius 1 is 1.13 bits per heavy atom. The first-order valence-corrected chi connectivity index (χ1v) is 12.7. The zero-order valence-corrected chi connectivity index (χ0v) is 22.4. The van der Waals surface area contributed by atoms with Crippen molar-refractivity contribution in [2.75, 3.05) is 17.7 Å². The summed E-state index contributed by atoms with van der Waals surface area (Å²) in [7, 11) is 0. The largest absolute Gasteiger partial charge is 0.462 e. The molecule has 0 bridgehead atoms. The van der Waals surface area contributed by atoms with Crippen LogP contribution < -0.4 is 27.7 Å². The van der Waals surface area contributed by atoms with Crippen LogP contribution in [-0.2, 0) is 22.6 Å². The summed E-state index contributed by atoms with van der Waals surface area (Å²) in [6.07, 6.45) is 3.10. The lowest BCUT2D eigenvalue weighted by Crippen LogP contribution is -2.35. The molecule has 0 aliphatic rings. The third-order valence-corrected chi connectivity index (χ3v) is 5.75. The number of hydrogen-bond donors (Lipinski definition) is 5. The predicted molar refractivity (Wildman–Crippen MR) is 152 cm³/mol. The van der Waals surface area contributed by atoms with Crippen molar-refractivity contribution in [2.45, 2.75) is 52.7 Å². The van der Waals surface area contributed by atoms with Crippen molar-refractivity contribution in [3.8, 4) is 11.3 Å². The Morgan fingerprint density at radius 3 is 2.49 bits per heavy atom. The van der Waals surface area contributed by atoms with Gasteiger partial charge in [-0.3, -0.25) is 19.6 Å². The summed E-state index contributed by atoms with van der Waals surface area (Å²) in [5.74, 6) is -0.867. The maximum Gasteiger partial charge on any atom is 0.338 e. The van der Waals surface area contributed by atoms with Gasteiger partial charge in [-0.25, -0.2) is 9.78 Å². The molecule has 11 heteroatoms. The Morgan fingerprint density at radius 2 is 1.85 bits per heavy atom. The van der Waals surface area contributed by atoms with E-state index in [1.807, 2.05) is 20.8 Å². The monoisotopic (exact) mass is 533 g/mol. The van der Waals surface area contributed by atoms with E-state index in [1.165, 1.54) is 16.8 Å². The molecule has 0 fully saturated rings. The van der Waals surface area contributed by atoms with Crippen LogP contribution in [0.2, 0.25) is 0 Å². The number of hydrogen-bond acceptors (Lipinski definition) is 8. The highest BCUT2D eigenvalue weighted by Gasteiger charge is 2.18. The number of carbonyl (C=O) groups is 2. The quantitative estimate of drug-likeness (QED) is 0.0775. The van der Waals surface area contributed by atoms with Crippen LogP contribution in [0.25, 0.3) is 11.3 Å². The number of nitrogens with two attached hydrogens (primary N) is 2. The summed E-state index contributed by atoms with van der Waals surface area (Å²) in [5.41, 5.74) is 13.8. The highest BCUT2D eigenvalue weighted by Crippen LogP contribution is 2.24. The minimum Gasteiger partial charge on any atom is -0.462 e. The first-order chi connectivity index (χ1) is 18.6. The zero-order valence-electron chi connectivity index (χ0n) is 22.4. The Labute approximate surface area is 227 Å². The predicted octanol–water partition coefficient (Wildman–Crippen LogP) is 2.87. The highest BCUT2D eigenvalue weighted by atomic mass is 16.5. The average molecular weight is 534 g/mol. The van der Waals surface area contributed by atoms with E-state index in [2.05, 4.69) is 15.6 Å². The number of amidine groups is 1. The van der Waals surface area contributed by atoms with E-state index in [0.29, 0.717) is 29.1 Å². The van der Waals surface area contributed by atoms with Gasteiger partial charge in [0.15, 0.2) is 5.82 Å². The Bertz CT molecular complexity index is 1400. The van der Waals surface area contributed by atoms with Gasteiger partial charge in [-0.1, -0.05) is 37.6 Å². The van der Waals surface area contributed by atoms with Crippen molar-refractivity contribution in [2.24, 2.45) is 5.73 Å². The normalized spacial score (nSPS) is 10.8. The van der Waals surface area contributed by atoms with Gasteiger partial charge < -0.3 is 26.8 Å². The van der Waals surface area contributed by atoms with Gasteiger partial charge in [0.1, 0.15) is 12.4 Å². The Hall–Kier alpha value is -4.67. The number of rotatable bonds is 12. The van der Waals surface area contributed by atoms with Gasteiger partial charge in [-0.15, -0.1) is 0 Å². The molecule has 1 amide bonds. The molecule has 2 aromatic carbocycles. The van der Waals surface area contributed by atoms with Crippen LogP contribution in [0.1, 0.15) is 55.1 Å². The second-order valence-corrected chi connectivity index (χ2v) is 9.40. The van der Waals surface area contributed by atoms with Crippen molar-refractivity contribution in [3.05, 3.63) is 75.7 Å². The van der Waals surface area contributed by atoms with Gasteiger partial charge in [-0.05, 0) is 44.0 Å². The smallest absolute Gasteiger partial charge is 0.338 e. The molecular weight excluding hydrogens is 498 g/mol. The molecule has 0 atom stereocenters. The van der Waals surface area contributed by atoms with E-state index in [-0.39, 0.29) is 36.3 Å². The van der Waals surface area contributed by atoms with E-state index in [1.54, 1.807) is 36.4 Å². The lowest BCUT2D eigenvalue weighted by molar-refractivity contribution is -0.121. The lowest BCUT2D eigenvalue weighted by Gasteiger charge is -2.17. The van der Waals surface area contributed by atoms with E-state index in [4.69, 9.17) is 21.6 Å². The van der Waals surface area contributed by atoms with Crippen molar-refractivity contribution >= 4 is 29.2 Å². The van der Waals surface area contributed by atoms with E-state index >= 15 is 0 Å². The molecule has 0 saturated heterocycles. The van der Waals surface area contributed by atoms with Crippen molar-refractivity contribution in [1.29, 1.82) is 5.41 Å². The highest BCUT2D eigenvalue weighted by molar-refractivity contribution is 5.95. The number of aromatic nitrogens is 2. The molecule has 0 saturated carbocycles. The molecule has 0 aliphatic carbocycles. The van der Waals surface area contributed by atoms with Gasteiger partial charge in [0, 0.05) is 29.4 Å². The van der Waals surface area contributed by atoms with E-state index < -0.39 is 17.4 Å². The number of nitrogen functional groups attached to an aromatic ring is 2. The molecule has 39 heavy (non-hydrogen) atoms. The molecule has 7 N–H and O–H groups in total. The fraction of sp³-hybridized carbons (Fsp3) is 0.321. The number of anilines is 2. The molecule has 3 rings (SSSR count). The number of benzene rings is 2. The third-order valence-electron chi connectivity index (χ3n) is 5.75. The van der Waals surface area contributed by atoms with Crippen LogP contribution in [0.3, 0.4) is 0 Å². The maximum absolute atomic E-state index is 13.4. The molecule has 206 valence electrons. The number of nitrogens with one attached hydrogen (secondary N) is 3. The Balaban J connectivity index is 1.91. The molecule has 11 nitrogen and oxygen atoms in total. The summed E-state index contributed by atoms with van der Waals surface area (Å²) in [6, 6.07) is 11.5. The third kappa shape index (κ3) is 7.91. The van der Waals surface area contributed by atoms with Crippen LogP contribution >= 0.6 is 0 Å². The number of ether oxygens (including phenoxy) is 1. The zero-order chi connectivity index (χ0) is 28.5. The number of nitrogens with zero attached hydrogens (tertiary/aromatic N) is 2. The lowest BCUT2D eigenvalue weighted by atomic mass is 10.1. The SMILES string of the molecule is CCCCOC(=O)c1cc(N)cc(-c2cnc(NC(C)C)c(=O)n2CC(=O)NCc2ccc(C(=N)N)cc2)c1. The minimum absolute atomic E-state index is 0.0417. The standard InChI is InChI=1S/C28H35N7O4/c1-4-5-10-39-28(38)21-11-20(12-22(29)13-21)23-15-33-26(34-17(2)3)27(37)35(23)16-24(36)32-14-18-6-8-19(9-7-18)25(30)31/h6-9,11-13,15,17H,4-5,10,14,16,29H2,1-3H3,(H3,30,31)(H,32,36)(H,33,34). The minimum atomic E-state index is -0.523. The number of amides is 1. The summed E-state index contributed by atoms with van der Waals surface area (Å²) in [6.45, 7) is 5.96. The second-order valence-electron chi connectivity index (χ2n) is 9.40. The molecule has 0 radical (unpaired) electrons. The molecule has 0 unspecified atom stereocenters. The average Bonchev–Trinajstić information content (AvgIpc) is 2.89. The van der Waals surface area contributed by atoms with Gasteiger partial charge in [0.25, 0.3) is 5.56 Å². The molecule has 1 heterocycles. The topological polar surface area (TPSA) is 178 Å². The first-order valence-electron chi connectivity index (χ1n) is 12.7. The van der Waals surface area contributed by atoms with Gasteiger partial charge >= 0.3 is 5.97 Å². The summed E-state index contributed by atoms with van der Waals surface area (Å²) < 4.78 is 6.62. The molecular formula is C28H35N7O4. The van der Waals surface area contributed by atoms with E-state index in [9.17, 15) is 14.4 Å². The van der Waals surface area contributed by atoms with Crippen LogP contribution in [0.15, 0.2) is 53.5 Å². The molecule has 0 aliphatic heterocycles. The Kier molecular flexibility index (Phi) is 9.80. The number of unbranched alkanes of at least 4 members (excludes halogenated alkanes) is 1. The first kappa shape index (κ1) is 28.9. The second kappa shape index (κ2) is 13.2. The van der Waals surface area contributed by atoms with Crippen LogP contribution in [-0.4, -0.2) is 39.9 Å². The van der Waals surface area contributed by atoms with Crippen LogP contribution in [0, 0.1) is 5.41 Å². The molecule has 1 aromatic heterocycles. The van der Waals surface area contributed by atoms with Crippen molar-refractivity contribution in [3.63, 3.8) is 0 Å². The van der Waals surface area contributed by atoms with E-state index in [0.717, 1.165) is 18.4 Å². The summed E-state index contributed by atoms with van der Waals surface area (Å²) in [4.78, 5) is 43.2. The number of esters is 1. The fourth-order valence-corrected chi connectivity index (χ4v) is 3.76. The molecule has 3 aromatic rings. The van der Waals surface area contributed by atoms with Crippen molar-refractivity contribution in [1.82, 2.24) is 14.9 Å². The van der Waals surface area contributed by atoms with Gasteiger partial charge in [0.2, 0.25) is 5.91 Å². The summed E-state index contributed by atoms with van der Waals surface area (Å²) in [5, 5.41) is 13.3. The molecule has 0 spiro atoms. The van der Waals surface area contributed by atoms with Crippen LogP contribution in [0.5, 0.6) is 0 Å². The fourth-order valence-electron chi connectivity index (χ4n) is 3.76. The number of carbonyl (C=O) groups excluding carboxylic acids is 2. The van der Waals surface area contributed by atoms with Crippen molar-refractivity contribution < 1.29 is 14.3 Å². The summed E-state index contributed by atoms with van der Waals surface area (Å²) >= 11 is 0. The van der Waals surface area contributed by atoms with Gasteiger partial charge in [0.05, 0.1) is 24.1 Å².